The van der Waals surface area contributed by atoms with Gasteiger partial charge in [0, 0.05) is 28.2 Å². The third kappa shape index (κ3) is 3.56. The Kier molecular flexibility index (Phi) is 4.59. The monoisotopic (exact) mass is 378 g/mol. The minimum absolute atomic E-state index is 0.104. The fourth-order valence-electron chi connectivity index (χ4n) is 2.10. The molecule has 0 unspecified atom stereocenters. The summed E-state index contributed by atoms with van der Waals surface area (Å²) >= 11 is 4.94. The van der Waals surface area contributed by atoms with Crippen molar-refractivity contribution in [2.75, 3.05) is 0 Å². The van der Waals surface area contributed by atoms with Gasteiger partial charge in [0.2, 0.25) is 0 Å². The summed E-state index contributed by atoms with van der Waals surface area (Å²) in [6.45, 7) is 0. The van der Waals surface area contributed by atoms with Crippen LogP contribution in [0.2, 0.25) is 0 Å². The first-order valence-corrected chi connectivity index (χ1v) is 8.56. The Labute approximate surface area is 139 Å². The van der Waals surface area contributed by atoms with E-state index in [9.17, 15) is 9.18 Å². The van der Waals surface area contributed by atoms with Gasteiger partial charge in [-0.05, 0) is 45.8 Å². The van der Waals surface area contributed by atoms with Crippen molar-refractivity contribution in [2.45, 2.75) is 11.5 Å². The van der Waals surface area contributed by atoms with Crippen LogP contribution in [-0.2, 0) is 11.5 Å². The second kappa shape index (κ2) is 6.62. The molecule has 1 aromatic carbocycles. The number of hydrogen-bond acceptors (Lipinski definition) is 3. The van der Waals surface area contributed by atoms with Crippen molar-refractivity contribution in [3.8, 4) is 0 Å². The molecule has 3 aromatic rings. The quantitative estimate of drug-likeness (QED) is 0.687. The summed E-state index contributed by atoms with van der Waals surface area (Å²) in [7, 11) is 0. The van der Waals surface area contributed by atoms with Crippen LogP contribution in [0, 0.1) is 5.82 Å². The first-order chi connectivity index (χ1) is 10.6. The number of nitrogens with zero attached hydrogens (tertiary/aromatic N) is 2. The molecule has 0 aliphatic carbocycles. The molecule has 0 N–H and O–H groups in total. The highest BCUT2D eigenvalue weighted by atomic mass is 79.9. The molecule has 2 heterocycles. The van der Waals surface area contributed by atoms with Crippen LogP contribution < -0.4 is 5.56 Å². The van der Waals surface area contributed by atoms with Gasteiger partial charge in [0.15, 0.2) is 0 Å². The molecule has 22 heavy (non-hydrogen) atoms. The van der Waals surface area contributed by atoms with Crippen LogP contribution in [-0.4, -0.2) is 9.38 Å². The third-order valence-corrected chi connectivity index (χ3v) is 4.59. The number of benzene rings is 1. The van der Waals surface area contributed by atoms with Crippen molar-refractivity contribution in [1.29, 1.82) is 0 Å². The zero-order chi connectivity index (χ0) is 15.5. The van der Waals surface area contributed by atoms with Crippen molar-refractivity contribution in [3.05, 3.63) is 80.6 Å². The molecule has 0 aliphatic heterocycles. The normalized spacial score (nSPS) is 11.0. The highest BCUT2D eigenvalue weighted by Gasteiger charge is 2.04. The molecule has 0 fully saturated rings. The molecule has 0 bridgehead atoms. The lowest BCUT2D eigenvalue weighted by Gasteiger charge is -2.05. The van der Waals surface area contributed by atoms with E-state index in [2.05, 4.69) is 20.9 Å². The molecule has 112 valence electrons. The van der Waals surface area contributed by atoms with Crippen LogP contribution in [0.3, 0.4) is 0 Å². The number of rotatable bonds is 4. The van der Waals surface area contributed by atoms with Gasteiger partial charge in [0.25, 0.3) is 5.56 Å². The summed E-state index contributed by atoms with van der Waals surface area (Å²) in [5.41, 5.74) is 2.17. The Morgan fingerprint density at radius 1 is 1.18 bits per heavy atom. The second-order valence-electron chi connectivity index (χ2n) is 4.78. The van der Waals surface area contributed by atoms with Crippen LogP contribution in [0.25, 0.3) is 5.65 Å². The Morgan fingerprint density at radius 2 is 2.05 bits per heavy atom. The van der Waals surface area contributed by atoms with E-state index in [1.165, 1.54) is 22.6 Å². The Balaban J connectivity index is 1.74. The molecular weight excluding hydrogens is 367 g/mol. The number of pyridine rings is 1. The predicted octanol–water partition coefficient (Wildman–Crippen LogP) is 4.03. The lowest BCUT2D eigenvalue weighted by molar-refractivity contribution is 0.626. The summed E-state index contributed by atoms with van der Waals surface area (Å²) in [6, 6.07) is 11.7. The number of hydrogen-bond donors (Lipinski definition) is 0. The average molecular weight is 379 g/mol. The first kappa shape index (κ1) is 15.2. The molecule has 0 saturated heterocycles. The van der Waals surface area contributed by atoms with E-state index in [1.54, 1.807) is 30.1 Å². The van der Waals surface area contributed by atoms with E-state index in [1.807, 2.05) is 12.1 Å². The van der Waals surface area contributed by atoms with Crippen molar-refractivity contribution < 1.29 is 4.39 Å². The van der Waals surface area contributed by atoms with E-state index in [0.717, 1.165) is 15.7 Å². The largest absolute Gasteiger partial charge is 0.269 e. The maximum Gasteiger partial charge on any atom is 0.258 e. The van der Waals surface area contributed by atoms with Crippen LogP contribution in [0.5, 0.6) is 0 Å². The van der Waals surface area contributed by atoms with Gasteiger partial charge in [-0.25, -0.2) is 9.37 Å². The van der Waals surface area contributed by atoms with E-state index in [-0.39, 0.29) is 11.4 Å². The highest BCUT2D eigenvalue weighted by molar-refractivity contribution is 9.10. The van der Waals surface area contributed by atoms with Gasteiger partial charge in [0.05, 0.1) is 5.69 Å². The van der Waals surface area contributed by atoms with Crippen LogP contribution in [0.1, 0.15) is 11.3 Å². The molecule has 0 atom stereocenters. The summed E-state index contributed by atoms with van der Waals surface area (Å²) in [4.78, 5) is 16.5. The van der Waals surface area contributed by atoms with Gasteiger partial charge < -0.3 is 0 Å². The number of thioether (sulfide) groups is 1. The second-order valence-corrected chi connectivity index (χ2v) is 6.69. The van der Waals surface area contributed by atoms with E-state index in [4.69, 9.17) is 0 Å². The van der Waals surface area contributed by atoms with Gasteiger partial charge >= 0.3 is 0 Å². The predicted molar refractivity (Wildman–Crippen MR) is 90.6 cm³/mol. The lowest BCUT2D eigenvalue weighted by Crippen LogP contribution is -2.15. The molecule has 3 rings (SSSR count). The number of halogens is 2. The van der Waals surface area contributed by atoms with Crippen LogP contribution >= 0.6 is 27.7 Å². The van der Waals surface area contributed by atoms with Gasteiger partial charge in [-0.3, -0.25) is 9.20 Å². The highest BCUT2D eigenvalue weighted by Crippen LogP contribution is 2.17. The Hall–Kier alpha value is -1.66. The Bertz CT molecular complexity index is 881. The maximum absolute atomic E-state index is 13.1. The average Bonchev–Trinajstić information content (AvgIpc) is 2.48. The maximum atomic E-state index is 13.1. The SMILES string of the molecule is O=c1cc(CSCc2cccc(F)c2)nc2ccc(Br)cn12. The van der Waals surface area contributed by atoms with Crippen molar-refractivity contribution >= 4 is 33.3 Å². The minimum Gasteiger partial charge on any atom is -0.269 e. The van der Waals surface area contributed by atoms with Gasteiger partial charge in [-0.1, -0.05) is 12.1 Å². The molecular formula is C16H12BrFN2OS. The molecule has 6 heteroatoms. The minimum atomic E-state index is -0.231. The summed E-state index contributed by atoms with van der Waals surface area (Å²) in [6.07, 6.45) is 1.70. The first-order valence-electron chi connectivity index (χ1n) is 6.62. The molecule has 0 spiro atoms. The molecule has 0 amide bonds. The van der Waals surface area contributed by atoms with Gasteiger partial charge in [-0.15, -0.1) is 0 Å². The number of fused-ring (bicyclic) bond motifs is 1. The molecule has 0 aliphatic rings. The van der Waals surface area contributed by atoms with Crippen LogP contribution in [0.15, 0.2) is 57.9 Å². The van der Waals surface area contributed by atoms with Gasteiger partial charge in [0.1, 0.15) is 11.5 Å². The molecule has 0 saturated carbocycles. The smallest absolute Gasteiger partial charge is 0.258 e. The van der Waals surface area contributed by atoms with E-state index in [0.29, 0.717) is 17.2 Å². The van der Waals surface area contributed by atoms with Gasteiger partial charge in [-0.2, -0.15) is 11.8 Å². The fourth-order valence-corrected chi connectivity index (χ4v) is 3.31. The molecule has 0 radical (unpaired) electrons. The zero-order valence-electron chi connectivity index (χ0n) is 11.5. The Morgan fingerprint density at radius 3 is 2.86 bits per heavy atom. The van der Waals surface area contributed by atoms with Crippen molar-refractivity contribution in [2.24, 2.45) is 0 Å². The third-order valence-electron chi connectivity index (χ3n) is 3.08. The summed E-state index contributed by atoms with van der Waals surface area (Å²) < 4.78 is 15.4. The standard InChI is InChI=1S/C16H12BrFN2OS/c17-12-4-5-15-19-14(7-16(21)20(15)8-12)10-22-9-11-2-1-3-13(18)6-11/h1-8H,9-10H2. The fraction of sp³-hybridized carbons (Fsp3) is 0.125. The summed E-state index contributed by atoms with van der Waals surface area (Å²) in [5.74, 6) is 1.06. The lowest BCUT2D eigenvalue weighted by atomic mass is 10.2. The zero-order valence-corrected chi connectivity index (χ0v) is 13.9. The van der Waals surface area contributed by atoms with E-state index >= 15 is 0 Å². The molecule has 3 nitrogen and oxygen atoms in total. The van der Waals surface area contributed by atoms with Crippen LogP contribution in [0.4, 0.5) is 4.39 Å². The topological polar surface area (TPSA) is 34.4 Å². The van der Waals surface area contributed by atoms with E-state index < -0.39 is 0 Å². The number of aromatic nitrogens is 2. The summed E-state index contributed by atoms with van der Waals surface area (Å²) in [5, 5.41) is 0. The van der Waals surface area contributed by atoms with Crippen molar-refractivity contribution in [3.63, 3.8) is 0 Å². The molecule has 2 aromatic heterocycles. The van der Waals surface area contributed by atoms with Crippen molar-refractivity contribution in [1.82, 2.24) is 9.38 Å².